The number of carbonyl (C=O) groups is 1. The van der Waals surface area contributed by atoms with Gasteiger partial charge in [-0.1, -0.05) is 0 Å². The molecule has 4 heteroatoms. The van der Waals surface area contributed by atoms with Gasteiger partial charge in [0.25, 0.3) is 0 Å². The molecule has 3 aliphatic rings. The largest absolute Gasteiger partial charge is 0.350 e. The minimum Gasteiger partial charge on any atom is -0.350 e. The standard InChI is InChI=1S/C11H19N3O/c1-13-4-5-14-6-9(8-2-3-8)12-11(15)10(14)7-13/h8-10H,2-7H2,1H3,(H,12,15). The Balaban J connectivity index is 1.70. The second-order valence-corrected chi connectivity index (χ2v) is 5.23. The summed E-state index contributed by atoms with van der Waals surface area (Å²) in [6.07, 6.45) is 2.62. The number of fused-ring (bicyclic) bond motifs is 1. The lowest BCUT2D eigenvalue weighted by atomic mass is 10.0. The summed E-state index contributed by atoms with van der Waals surface area (Å²) in [5.74, 6) is 1.03. The quantitative estimate of drug-likeness (QED) is 0.633. The third-order valence-electron chi connectivity index (χ3n) is 3.95. The predicted molar refractivity (Wildman–Crippen MR) is 57.5 cm³/mol. The molecule has 0 aromatic carbocycles. The van der Waals surface area contributed by atoms with Gasteiger partial charge in [-0.2, -0.15) is 0 Å². The van der Waals surface area contributed by atoms with E-state index in [1.165, 1.54) is 12.8 Å². The topological polar surface area (TPSA) is 35.6 Å². The highest BCUT2D eigenvalue weighted by atomic mass is 16.2. The molecule has 15 heavy (non-hydrogen) atoms. The van der Waals surface area contributed by atoms with Crippen molar-refractivity contribution in [3.63, 3.8) is 0 Å². The van der Waals surface area contributed by atoms with Crippen LogP contribution in [0.1, 0.15) is 12.8 Å². The number of likely N-dealkylation sites (N-methyl/N-ethyl adjacent to an activating group) is 1. The average molecular weight is 209 g/mol. The van der Waals surface area contributed by atoms with Crippen LogP contribution in [0.5, 0.6) is 0 Å². The van der Waals surface area contributed by atoms with Crippen LogP contribution in [0.3, 0.4) is 0 Å². The van der Waals surface area contributed by atoms with Crippen LogP contribution in [-0.4, -0.2) is 61.0 Å². The van der Waals surface area contributed by atoms with E-state index >= 15 is 0 Å². The zero-order chi connectivity index (χ0) is 10.4. The fourth-order valence-corrected chi connectivity index (χ4v) is 2.77. The summed E-state index contributed by atoms with van der Waals surface area (Å²) in [5.41, 5.74) is 0. The molecule has 0 aromatic heterocycles. The van der Waals surface area contributed by atoms with Crippen molar-refractivity contribution in [3.05, 3.63) is 0 Å². The molecule has 1 N–H and O–H groups in total. The number of piperazine rings is 2. The van der Waals surface area contributed by atoms with E-state index in [-0.39, 0.29) is 11.9 Å². The van der Waals surface area contributed by atoms with Gasteiger partial charge < -0.3 is 10.2 Å². The molecule has 3 fully saturated rings. The molecule has 1 saturated carbocycles. The Morgan fingerprint density at radius 2 is 2.07 bits per heavy atom. The Morgan fingerprint density at radius 3 is 2.80 bits per heavy atom. The van der Waals surface area contributed by atoms with Crippen molar-refractivity contribution in [3.8, 4) is 0 Å². The van der Waals surface area contributed by atoms with Crippen LogP contribution >= 0.6 is 0 Å². The molecule has 2 aliphatic heterocycles. The lowest BCUT2D eigenvalue weighted by Gasteiger charge is -2.44. The number of amides is 1. The Labute approximate surface area is 90.6 Å². The van der Waals surface area contributed by atoms with Crippen LogP contribution in [0, 0.1) is 5.92 Å². The zero-order valence-corrected chi connectivity index (χ0v) is 9.28. The molecule has 1 amide bonds. The van der Waals surface area contributed by atoms with Crippen LogP contribution in [0.2, 0.25) is 0 Å². The molecule has 0 bridgehead atoms. The van der Waals surface area contributed by atoms with Gasteiger partial charge in [0, 0.05) is 32.2 Å². The lowest BCUT2D eigenvalue weighted by molar-refractivity contribution is -0.133. The van der Waals surface area contributed by atoms with E-state index in [1.54, 1.807) is 0 Å². The van der Waals surface area contributed by atoms with Crippen molar-refractivity contribution >= 4 is 5.91 Å². The van der Waals surface area contributed by atoms with Crippen molar-refractivity contribution in [1.82, 2.24) is 15.1 Å². The molecule has 2 saturated heterocycles. The highest BCUT2D eigenvalue weighted by Gasteiger charge is 2.42. The zero-order valence-electron chi connectivity index (χ0n) is 9.28. The van der Waals surface area contributed by atoms with Crippen LogP contribution in [-0.2, 0) is 4.79 Å². The average Bonchev–Trinajstić information content (AvgIpc) is 3.02. The minimum atomic E-state index is 0.110. The second-order valence-electron chi connectivity index (χ2n) is 5.23. The normalized spacial score (nSPS) is 38.6. The van der Waals surface area contributed by atoms with Gasteiger partial charge in [0.1, 0.15) is 6.04 Å². The van der Waals surface area contributed by atoms with Crippen LogP contribution < -0.4 is 5.32 Å². The van der Waals surface area contributed by atoms with E-state index in [1.807, 2.05) is 0 Å². The van der Waals surface area contributed by atoms with Crippen molar-refractivity contribution < 1.29 is 4.79 Å². The van der Waals surface area contributed by atoms with Crippen molar-refractivity contribution in [2.45, 2.75) is 24.9 Å². The number of hydrogen-bond acceptors (Lipinski definition) is 3. The first-order chi connectivity index (χ1) is 7.24. The van der Waals surface area contributed by atoms with Crippen LogP contribution in [0.15, 0.2) is 0 Å². The van der Waals surface area contributed by atoms with Crippen molar-refractivity contribution in [2.24, 2.45) is 5.92 Å². The minimum absolute atomic E-state index is 0.110. The summed E-state index contributed by atoms with van der Waals surface area (Å²) in [6.45, 7) is 4.12. The van der Waals surface area contributed by atoms with Gasteiger partial charge in [-0.05, 0) is 25.8 Å². The first kappa shape index (κ1) is 9.60. The summed E-state index contributed by atoms with van der Waals surface area (Å²) in [6, 6.07) is 0.552. The molecule has 0 radical (unpaired) electrons. The molecule has 0 spiro atoms. The van der Waals surface area contributed by atoms with Gasteiger partial charge in [-0.15, -0.1) is 0 Å². The first-order valence-electron chi connectivity index (χ1n) is 5.97. The predicted octanol–water partition coefficient (Wildman–Crippen LogP) is -0.489. The Bertz CT molecular complexity index is 277. The second kappa shape index (κ2) is 3.46. The number of nitrogens with one attached hydrogen (secondary N) is 1. The maximum absolute atomic E-state index is 11.9. The van der Waals surface area contributed by atoms with E-state index in [4.69, 9.17) is 0 Å². The fourth-order valence-electron chi connectivity index (χ4n) is 2.77. The maximum Gasteiger partial charge on any atom is 0.238 e. The SMILES string of the molecule is CN1CCN2CC(C3CC3)NC(=O)C2C1. The summed E-state index contributed by atoms with van der Waals surface area (Å²) in [5, 5.41) is 3.19. The third-order valence-corrected chi connectivity index (χ3v) is 3.95. The number of rotatable bonds is 1. The highest BCUT2D eigenvalue weighted by molar-refractivity contribution is 5.83. The highest BCUT2D eigenvalue weighted by Crippen LogP contribution is 2.34. The molecule has 84 valence electrons. The molecular weight excluding hydrogens is 190 g/mol. The molecule has 2 unspecified atom stereocenters. The summed E-state index contributed by atoms with van der Waals surface area (Å²) in [7, 11) is 2.09. The van der Waals surface area contributed by atoms with E-state index < -0.39 is 0 Å². The van der Waals surface area contributed by atoms with E-state index in [2.05, 4.69) is 22.2 Å². The Morgan fingerprint density at radius 1 is 1.27 bits per heavy atom. The number of carbonyl (C=O) groups excluding carboxylic acids is 1. The molecule has 4 nitrogen and oxygen atoms in total. The smallest absolute Gasteiger partial charge is 0.238 e. The molecular formula is C11H19N3O. The van der Waals surface area contributed by atoms with Crippen LogP contribution in [0.25, 0.3) is 0 Å². The molecule has 3 rings (SSSR count). The summed E-state index contributed by atoms with van der Waals surface area (Å²) in [4.78, 5) is 16.6. The molecule has 2 atom stereocenters. The van der Waals surface area contributed by atoms with Gasteiger partial charge in [0.15, 0.2) is 0 Å². The van der Waals surface area contributed by atoms with Gasteiger partial charge >= 0.3 is 0 Å². The number of hydrogen-bond donors (Lipinski definition) is 1. The lowest BCUT2D eigenvalue weighted by Crippen LogP contribution is -2.66. The number of nitrogens with zero attached hydrogens (tertiary/aromatic N) is 2. The van der Waals surface area contributed by atoms with Gasteiger partial charge in [-0.3, -0.25) is 9.69 Å². The Kier molecular flexibility index (Phi) is 2.21. The molecule has 0 aromatic rings. The molecule has 2 heterocycles. The first-order valence-corrected chi connectivity index (χ1v) is 5.97. The van der Waals surface area contributed by atoms with E-state index in [9.17, 15) is 4.79 Å². The monoisotopic (exact) mass is 209 g/mol. The molecule has 1 aliphatic carbocycles. The van der Waals surface area contributed by atoms with E-state index in [0.717, 1.165) is 32.1 Å². The maximum atomic E-state index is 11.9. The summed E-state index contributed by atoms with van der Waals surface area (Å²) < 4.78 is 0. The van der Waals surface area contributed by atoms with Gasteiger partial charge in [-0.25, -0.2) is 0 Å². The van der Waals surface area contributed by atoms with Gasteiger partial charge in [0.05, 0.1) is 0 Å². The Hall–Kier alpha value is -0.610. The summed E-state index contributed by atoms with van der Waals surface area (Å²) >= 11 is 0. The van der Waals surface area contributed by atoms with E-state index in [0.29, 0.717) is 6.04 Å². The van der Waals surface area contributed by atoms with Crippen molar-refractivity contribution in [1.29, 1.82) is 0 Å². The van der Waals surface area contributed by atoms with Crippen molar-refractivity contribution in [2.75, 3.05) is 33.2 Å². The van der Waals surface area contributed by atoms with Gasteiger partial charge in [0.2, 0.25) is 5.91 Å². The third kappa shape index (κ3) is 1.76. The fraction of sp³-hybridized carbons (Fsp3) is 0.909. The van der Waals surface area contributed by atoms with Crippen LogP contribution in [0.4, 0.5) is 0 Å².